The summed E-state index contributed by atoms with van der Waals surface area (Å²) in [6, 6.07) is 14.7. The van der Waals surface area contributed by atoms with Gasteiger partial charge in [-0.3, -0.25) is 14.6 Å². The van der Waals surface area contributed by atoms with E-state index in [0.717, 1.165) is 28.0 Å². The van der Waals surface area contributed by atoms with Crippen LogP contribution in [0.1, 0.15) is 22.8 Å². The van der Waals surface area contributed by atoms with Crippen molar-refractivity contribution in [3.63, 3.8) is 0 Å². The van der Waals surface area contributed by atoms with E-state index in [9.17, 15) is 9.59 Å². The summed E-state index contributed by atoms with van der Waals surface area (Å²) >= 11 is 3.44. The molecule has 5 nitrogen and oxygen atoms in total. The summed E-state index contributed by atoms with van der Waals surface area (Å²) in [5.74, 6) is 1.49. The van der Waals surface area contributed by atoms with Crippen molar-refractivity contribution in [3.05, 3.63) is 59.7 Å². The summed E-state index contributed by atoms with van der Waals surface area (Å²) in [6.45, 7) is 2.34. The zero-order valence-corrected chi connectivity index (χ0v) is 16.0. The minimum absolute atomic E-state index is 0.127. The molecule has 26 heavy (non-hydrogen) atoms. The van der Waals surface area contributed by atoms with E-state index in [1.807, 2.05) is 24.3 Å². The van der Waals surface area contributed by atoms with Gasteiger partial charge in [0.05, 0.1) is 6.54 Å². The Morgan fingerprint density at radius 3 is 2.42 bits per heavy atom. The number of benzene rings is 2. The van der Waals surface area contributed by atoms with Crippen LogP contribution >= 0.6 is 23.5 Å². The van der Waals surface area contributed by atoms with Crippen LogP contribution in [0, 0.1) is 0 Å². The molecule has 1 heterocycles. The third-order valence-electron chi connectivity index (χ3n) is 3.63. The molecule has 2 aromatic carbocycles. The lowest BCUT2D eigenvalue weighted by atomic mass is 10.1. The number of rotatable bonds is 5. The molecule has 2 amide bonds. The van der Waals surface area contributed by atoms with Gasteiger partial charge in [-0.15, -0.1) is 0 Å². The zero-order valence-electron chi connectivity index (χ0n) is 14.3. The molecule has 2 N–H and O–H groups in total. The summed E-state index contributed by atoms with van der Waals surface area (Å²) in [5, 5.41) is 5.61. The number of nitrogens with one attached hydrogen (secondary N) is 2. The number of hydrogen-bond donors (Lipinski definition) is 2. The number of nitrogens with zero attached hydrogens (tertiary/aromatic N) is 1. The minimum atomic E-state index is -0.144. The lowest BCUT2D eigenvalue weighted by Crippen LogP contribution is -2.14. The molecule has 0 spiro atoms. The fourth-order valence-corrected chi connectivity index (χ4v) is 4.46. The Morgan fingerprint density at radius 2 is 1.77 bits per heavy atom. The van der Waals surface area contributed by atoms with Crippen molar-refractivity contribution in [3.8, 4) is 0 Å². The molecular weight excluding hydrogens is 366 g/mol. The van der Waals surface area contributed by atoms with Crippen LogP contribution < -0.4 is 10.6 Å². The molecule has 0 atom stereocenters. The van der Waals surface area contributed by atoms with Crippen LogP contribution in [-0.4, -0.2) is 28.5 Å². The third kappa shape index (κ3) is 5.12. The van der Waals surface area contributed by atoms with E-state index >= 15 is 0 Å². The van der Waals surface area contributed by atoms with Crippen molar-refractivity contribution in [1.82, 2.24) is 0 Å². The van der Waals surface area contributed by atoms with Gasteiger partial charge in [0, 0.05) is 35.4 Å². The number of thioether (sulfide) groups is 2. The van der Waals surface area contributed by atoms with Gasteiger partial charge in [-0.2, -0.15) is 0 Å². The topological polar surface area (TPSA) is 70.6 Å². The quantitative estimate of drug-likeness (QED) is 0.808. The average Bonchev–Trinajstić information content (AvgIpc) is 3.15. The molecule has 0 aromatic heterocycles. The highest BCUT2D eigenvalue weighted by atomic mass is 32.2. The number of hydrogen-bond acceptors (Lipinski definition) is 5. The molecule has 0 unspecified atom stereocenters. The minimum Gasteiger partial charge on any atom is -0.326 e. The van der Waals surface area contributed by atoms with Crippen molar-refractivity contribution in [2.24, 2.45) is 4.99 Å². The first-order valence-electron chi connectivity index (χ1n) is 8.19. The van der Waals surface area contributed by atoms with Crippen molar-refractivity contribution in [1.29, 1.82) is 0 Å². The monoisotopic (exact) mass is 385 g/mol. The maximum Gasteiger partial charge on any atom is 0.255 e. The van der Waals surface area contributed by atoms with E-state index in [4.69, 9.17) is 0 Å². The highest BCUT2D eigenvalue weighted by molar-refractivity contribution is 8.38. The van der Waals surface area contributed by atoms with Crippen molar-refractivity contribution in [2.75, 3.05) is 22.9 Å². The van der Waals surface area contributed by atoms with Gasteiger partial charge in [0.25, 0.3) is 5.91 Å². The molecule has 0 fully saturated rings. The Labute approximate surface area is 161 Å². The Morgan fingerprint density at radius 1 is 1.08 bits per heavy atom. The van der Waals surface area contributed by atoms with Crippen molar-refractivity contribution < 1.29 is 9.59 Å². The van der Waals surface area contributed by atoms with Crippen LogP contribution in [0.25, 0.3) is 0 Å². The second kappa shape index (κ2) is 8.91. The smallest absolute Gasteiger partial charge is 0.255 e. The lowest BCUT2D eigenvalue weighted by Gasteiger charge is -2.11. The standard InChI is InChI=1S/C19H19N3O2S2/c1-13(23)21-15-6-8-16(9-7-15)22-18(24)17-5-3-2-4-14(17)12-26-19-20-10-11-25-19/h2-9H,10-12H2,1H3,(H,21,23)(H,22,24). The molecule has 0 radical (unpaired) electrons. The van der Waals surface area contributed by atoms with Gasteiger partial charge in [-0.25, -0.2) is 0 Å². The second-order valence-corrected chi connectivity index (χ2v) is 7.96. The van der Waals surface area contributed by atoms with Gasteiger partial charge in [-0.05, 0) is 35.9 Å². The number of aliphatic imine (C=N–C) groups is 1. The van der Waals surface area contributed by atoms with Crippen LogP contribution in [0.2, 0.25) is 0 Å². The normalized spacial score (nSPS) is 13.2. The van der Waals surface area contributed by atoms with Crippen LogP contribution in [0.4, 0.5) is 11.4 Å². The second-order valence-electron chi connectivity index (χ2n) is 5.65. The van der Waals surface area contributed by atoms with E-state index in [1.54, 1.807) is 47.8 Å². The Balaban J connectivity index is 1.66. The predicted molar refractivity (Wildman–Crippen MR) is 111 cm³/mol. The molecule has 0 saturated heterocycles. The van der Waals surface area contributed by atoms with Crippen LogP contribution in [-0.2, 0) is 10.5 Å². The number of carbonyl (C=O) groups is 2. The van der Waals surface area contributed by atoms with Gasteiger partial charge in [0.1, 0.15) is 4.38 Å². The lowest BCUT2D eigenvalue weighted by molar-refractivity contribution is -0.114. The maximum atomic E-state index is 12.7. The number of anilines is 2. The molecule has 1 aliphatic rings. The summed E-state index contributed by atoms with van der Waals surface area (Å²) < 4.78 is 1.09. The fourth-order valence-electron chi connectivity index (χ4n) is 2.45. The van der Waals surface area contributed by atoms with Crippen molar-refractivity contribution >= 4 is 51.1 Å². The van der Waals surface area contributed by atoms with Gasteiger partial charge in [0.15, 0.2) is 0 Å². The molecule has 1 aliphatic heterocycles. The van der Waals surface area contributed by atoms with E-state index in [0.29, 0.717) is 16.9 Å². The van der Waals surface area contributed by atoms with E-state index in [1.165, 1.54) is 6.92 Å². The first kappa shape index (κ1) is 18.5. The predicted octanol–water partition coefficient (Wildman–Crippen LogP) is 4.23. The number of amides is 2. The molecule has 0 saturated carbocycles. The molecule has 0 aliphatic carbocycles. The average molecular weight is 386 g/mol. The largest absolute Gasteiger partial charge is 0.326 e. The van der Waals surface area contributed by atoms with Crippen LogP contribution in [0.5, 0.6) is 0 Å². The fraction of sp³-hybridized carbons (Fsp3) is 0.211. The zero-order chi connectivity index (χ0) is 18.4. The highest BCUT2D eigenvalue weighted by Gasteiger charge is 2.14. The van der Waals surface area contributed by atoms with Gasteiger partial charge >= 0.3 is 0 Å². The summed E-state index contributed by atoms with van der Waals surface area (Å²) in [5.41, 5.74) is 3.03. The van der Waals surface area contributed by atoms with E-state index in [-0.39, 0.29) is 11.8 Å². The molecular formula is C19H19N3O2S2. The molecule has 3 rings (SSSR count). The Hall–Kier alpha value is -2.25. The molecule has 7 heteroatoms. The van der Waals surface area contributed by atoms with Crippen molar-refractivity contribution in [2.45, 2.75) is 12.7 Å². The highest BCUT2D eigenvalue weighted by Crippen LogP contribution is 2.27. The number of carbonyl (C=O) groups excluding carboxylic acids is 2. The Bertz CT molecular complexity index is 835. The third-order valence-corrected chi connectivity index (χ3v) is 5.94. The van der Waals surface area contributed by atoms with E-state index < -0.39 is 0 Å². The summed E-state index contributed by atoms with van der Waals surface area (Å²) in [4.78, 5) is 28.2. The van der Waals surface area contributed by atoms with E-state index in [2.05, 4.69) is 15.6 Å². The molecule has 134 valence electrons. The summed E-state index contributed by atoms with van der Waals surface area (Å²) in [7, 11) is 0. The van der Waals surface area contributed by atoms with Crippen LogP contribution in [0.15, 0.2) is 53.5 Å². The van der Waals surface area contributed by atoms with Crippen LogP contribution in [0.3, 0.4) is 0 Å². The first-order valence-corrected chi connectivity index (χ1v) is 10.2. The summed E-state index contributed by atoms with van der Waals surface area (Å²) in [6.07, 6.45) is 0. The Kier molecular flexibility index (Phi) is 6.35. The van der Waals surface area contributed by atoms with Gasteiger partial charge in [-0.1, -0.05) is 41.7 Å². The maximum absolute atomic E-state index is 12.7. The SMILES string of the molecule is CC(=O)Nc1ccc(NC(=O)c2ccccc2CSC2=NCCS2)cc1. The van der Waals surface area contributed by atoms with Gasteiger partial charge < -0.3 is 10.6 Å². The molecule has 0 bridgehead atoms. The first-order chi connectivity index (χ1) is 12.6. The molecule has 2 aromatic rings. The van der Waals surface area contributed by atoms with Gasteiger partial charge in [0.2, 0.25) is 5.91 Å².